The zero-order valence-electron chi connectivity index (χ0n) is 20.9. The molecule has 0 atom stereocenters. The molecule has 0 saturated carbocycles. The first-order valence-corrected chi connectivity index (χ1v) is 12.8. The van der Waals surface area contributed by atoms with Crippen LogP contribution in [0, 0.1) is 20.2 Å². The number of carbonyl (C=O) groups is 3. The van der Waals surface area contributed by atoms with Gasteiger partial charge in [-0.2, -0.15) is 0 Å². The number of carbonyl (C=O) groups excluding carboxylic acids is 3. The van der Waals surface area contributed by atoms with Gasteiger partial charge in [0, 0.05) is 19.2 Å². The molecule has 2 saturated heterocycles. The first-order chi connectivity index (χ1) is 18.7. The number of nitro benzene ring substituents is 2. The summed E-state index contributed by atoms with van der Waals surface area (Å²) in [5, 5.41) is 21.9. The predicted octanol–water partition coefficient (Wildman–Crippen LogP) is 4.74. The number of ether oxygens (including phenoxy) is 2. The van der Waals surface area contributed by atoms with Gasteiger partial charge in [0.1, 0.15) is 6.54 Å². The molecule has 4 rings (SSSR count). The van der Waals surface area contributed by atoms with Gasteiger partial charge in [0.2, 0.25) is 11.7 Å². The molecule has 2 aromatic carbocycles. The highest BCUT2D eigenvalue weighted by Crippen LogP contribution is 2.39. The van der Waals surface area contributed by atoms with Gasteiger partial charge in [-0.05, 0) is 54.4 Å². The minimum atomic E-state index is -0.795. The van der Waals surface area contributed by atoms with E-state index in [0.717, 1.165) is 60.5 Å². The average Bonchev–Trinajstić information content (AvgIpc) is 3.09. The normalized spacial score (nSPS) is 16.8. The van der Waals surface area contributed by atoms with Crippen molar-refractivity contribution in [3.63, 3.8) is 0 Å². The highest BCUT2D eigenvalue weighted by Gasteiger charge is 2.37. The number of imide groups is 1. The minimum absolute atomic E-state index is 0.0859. The van der Waals surface area contributed by atoms with Gasteiger partial charge < -0.3 is 14.4 Å². The molecule has 2 aliphatic rings. The van der Waals surface area contributed by atoms with E-state index in [1.807, 2.05) is 0 Å². The van der Waals surface area contributed by atoms with E-state index >= 15 is 0 Å². The number of thioether (sulfide) groups is 1. The van der Waals surface area contributed by atoms with Crippen molar-refractivity contribution in [3.05, 3.63) is 67.1 Å². The maximum atomic E-state index is 12.9. The van der Waals surface area contributed by atoms with E-state index in [1.54, 1.807) is 11.0 Å². The first-order valence-electron chi connectivity index (χ1n) is 12.0. The monoisotopic (exact) mass is 556 g/mol. The molecule has 2 heterocycles. The first kappa shape index (κ1) is 27.6. The Balaban J connectivity index is 1.51. The maximum absolute atomic E-state index is 12.9. The summed E-state index contributed by atoms with van der Waals surface area (Å²) in [7, 11) is 1.35. The van der Waals surface area contributed by atoms with Gasteiger partial charge in [-0.3, -0.25) is 39.5 Å². The lowest BCUT2D eigenvalue weighted by Crippen LogP contribution is -2.42. The van der Waals surface area contributed by atoms with E-state index < -0.39 is 32.4 Å². The van der Waals surface area contributed by atoms with E-state index in [4.69, 9.17) is 9.47 Å². The summed E-state index contributed by atoms with van der Waals surface area (Å²) in [6, 6.07) is 7.49. The van der Waals surface area contributed by atoms with E-state index in [1.165, 1.54) is 25.3 Å². The Bertz CT molecular complexity index is 1370. The van der Waals surface area contributed by atoms with Gasteiger partial charge in [0.15, 0.2) is 11.5 Å². The second-order valence-corrected chi connectivity index (χ2v) is 9.73. The number of methoxy groups -OCH3 is 1. The second kappa shape index (κ2) is 11.9. The molecule has 39 heavy (non-hydrogen) atoms. The van der Waals surface area contributed by atoms with Crippen LogP contribution in [0.25, 0.3) is 6.08 Å². The van der Waals surface area contributed by atoms with Crippen molar-refractivity contribution >= 4 is 46.3 Å². The highest BCUT2D eigenvalue weighted by molar-refractivity contribution is 8.18. The third kappa shape index (κ3) is 6.34. The van der Waals surface area contributed by atoms with E-state index in [0.29, 0.717) is 18.7 Å². The molecule has 0 radical (unpaired) electrons. The van der Waals surface area contributed by atoms with Crippen molar-refractivity contribution in [2.45, 2.75) is 25.7 Å². The Labute approximate surface area is 226 Å². The summed E-state index contributed by atoms with van der Waals surface area (Å²) < 4.78 is 11.0. The third-order valence-corrected chi connectivity index (χ3v) is 7.09. The van der Waals surface area contributed by atoms with Gasteiger partial charge >= 0.3 is 5.69 Å². The number of hydrogen-bond donors (Lipinski definition) is 0. The summed E-state index contributed by atoms with van der Waals surface area (Å²) in [6.45, 7) is 0.913. The summed E-state index contributed by atoms with van der Waals surface area (Å²) in [4.78, 5) is 61.7. The fourth-order valence-corrected chi connectivity index (χ4v) is 5.01. The van der Waals surface area contributed by atoms with Crippen LogP contribution in [0.1, 0.15) is 31.2 Å². The molecular weight excluding hydrogens is 532 g/mol. The Morgan fingerprint density at radius 2 is 1.67 bits per heavy atom. The largest absolute Gasteiger partial charge is 0.493 e. The molecule has 14 heteroatoms. The Morgan fingerprint density at radius 3 is 2.31 bits per heavy atom. The molecule has 13 nitrogen and oxygen atoms in total. The molecule has 3 amide bonds. The topological polar surface area (TPSA) is 162 Å². The number of hydrogen-bond acceptors (Lipinski definition) is 10. The zero-order valence-corrected chi connectivity index (χ0v) is 21.7. The molecule has 2 fully saturated rings. The van der Waals surface area contributed by atoms with Gasteiger partial charge in [-0.25, -0.2) is 0 Å². The van der Waals surface area contributed by atoms with Gasteiger partial charge in [0.05, 0.1) is 27.9 Å². The van der Waals surface area contributed by atoms with Crippen LogP contribution < -0.4 is 9.47 Å². The average molecular weight is 557 g/mol. The van der Waals surface area contributed by atoms with Crippen molar-refractivity contribution in [1.29, 1.82) is 0 Å². The van der Waals surface area contributed by atoms with E-state index in [-0.39, 0.29) is 34.6 Å². The van der Waals surface area contributed by atoms with Crippen LogP contribution in [0.15, 0.2) is 41.3 Å². The number of nitro groups is 2. The number of rotatable bonds is 8. The summed E-state index contributed by atoms with van der Waals surface area (Å²) in [5.74, 6) is -0.820. The van der Waals surface area contributed by atoms with Gasteiger partial charge in [-0.1, -0.05) is 18.9 Å². The van der Waals surface area contributed by atoms with Crippen LogP contribution in [-0.2, 0) is 9.59 Å². The molecule has 204 valence electrons. The number of nitrogens with zero attached hydrogens (tertiary/aromatic N) is 4. The highest BCUT2D eigenvalue weighted by atomic mass is 32.2. The number of benzene rings is 2. The lowest BCUT2D eigenvalue weighted by atomic mass is 10.1. The molecule has 0 unspecified atom stereocenters. The Morgan fingerprint density at radius 1 is 0.974 bits per heavy atom. The predicted molar refractivity (Wildman–Crippen MR) is 141 cm³/mol. The van der Waals surface area contributed by atoms with Crippen LogP contribution in [0.5, 0.6) is 17.2 Å². The Kier molecular flexibility index (Phi) is 8.44. The quantitative estimate of drug-likeness (QED) is 0.252. The third-order valence-electron chi connectivity index (χ3n) is 6.18. The number of non-ortho nitro benzene ring substituents is 1. The smallest absolute Gasteiger partial charge is 0.318 e. The van der Waals surface area contributed by atoms with Crippen LogP contribution in [0.2, 0.25) is 0 Å². The standard InChI is InChI=1S/C25H24N4O9S/c1-37-21-12-16(6-8-20(21)38-19-9-7-17(28(33)34)14-18(19)29(35)36)13-22-24(31)27(25(32)39-22)15-23(30)26-10-4-2-3-5-11-26/h6-9,12-14H,2-5,10-11,15H2,1H3. The fourth-order valence-electron chi connectivity index (χ4n) is 4.17. The summed E-state index contributed by atoms with van der Waals surface area (Å²) >= 11 is 0.724. The lowest BCUT2D eigenvalue weighted by molar-refractivity contribution is -0.394. The van der Waals surface area contributed by atoms with Crippen molar-refractivity contribution in [2.75, 3.05) is 26.7 Å². The SMILES string of the molecule is COc1cc(C=C2SC(=O)N(CC(=O)N3CCCCCC3)C2=O)ccc1Oc1ccc([N+](=O)[O-])cc1[N+](=O)[O-]. The van der Waals surface area contributed by atoms with E-state index in [2.05, 4.69) is 0 Å². The molecular formula is C25H24N4O9S. The van der Waals surface area contributed by atoms with Crippen LogP contribution in [0.3, 0.4) is 0 Å². The van der Waals surface area contributed by atoms with Gasteiger partial charge in [0.25, 0.3) is 16.8 Å². The molecule has 0 N–H and O–H groups in total. The van der Waals surface area contributed by atoms with Gasteiger partial charge in [-0.15, -0.1) is 0 Å². The molecule has 0 spiro atoms. The Hall–Kier alpha value is -4.46. The number of amides is 3. The molecule has 0 aliphatic carbocycles. The van der Waals surface area contributed by atoms with Crippen molar-refractivity contribution in [3.8, 4) is 17.2 Å². The lowest BCUT2D eigenvalue weighted by Gasteiger charge is -2.22. The molecule has 0 bridgehead atoms. The van der Waals surface area contributed by atoms with E-state index in [9.17, 15) is 34.6 Å². The van der Waals surface area contributed by atoms with Crippen LogP contribution >= 0.6 is 11.8 Å². The molecule has 2 aliphatic heterocycles. The van der Waals surface area contributed by atoms with Crippen molar-refractivity contribution in [2.24, 2.45) is 0 Å². The van der Waals surface area contributed by atoms with Crippen LogP contribution in [0.4, 0.5) is 16.2 Å². The number of likely N-dealkylation sites (tertiary alicyclic amines) is 1. The fraction of sp³-hybridized carbons (Fsp3) is 0.320. The summed E-state index contributed by atoms with van der Waals surface area (Å²) in [5.41, 5.74) is -0.584. The maximum Gasteiger partial charge on any atom is 0.318 e. The second-order valence-electron chi connectivity index (χ2n) is 8.74. The zero-order chi connectivity index (χ0) is 28.1. The molecule has 2 aromatic rings. The minimum Gasteiger partial charge on any atom is -0.493 e. The van der Waals surface area contributed by atoms with Crippen molar-refractivity contribution < 1.29 is 33.7 Å². The summed E-state index contributed by atoms with van der Waals surface area (Å²) in [6.07, 6.45) is 5.36. The van der Waals surface area contributed by atoms with Crippen molar-refractivity contribution in [1.82, 2.24) is 9.80 Å². The van der Waals surface area contributed by atoms with Crippen LogP contribution in [-0.4, -0.2) is 63.4 Å². The molecule has 0 aromatic heterocycles.